The van der Waals surface area contributed by atoms with Gasteiger partial charge in [0.1, 0.15) is 17.9 Å². The first-order valence-electron chi connectivity index (χ1n) is 28.6. The van der Waals surface area contributed by atoms with Crippen LogP contribution >= 0.6 is 0 Å². The number of nitrogens with one attached hydrogen (secondary N) is 1. The number of imidazole rings is 1. The first-order valence-corrected chi connectivity index (χ1v) is 28.6. The number of hydrogen-bond donors (Lipinski definition) is 11. The summed E-state index contributed by atoms with van der Waals surface area (Å²) in [6.45, 7) is 20.4. The quantitative estimate of drug-likeness (QED) is 0.0787. The Hall–Kier alpha value is -6.98. The molecular formula is C58H84CoN16O11+. The predicted octanol–water partition coefficient (Wildman–Crippen LogP) is 1.38. The second kappa shape index (κ2) is 25.8. The van der Waals surface area contributed by atoms with Gasteiger partial charge in [-0.15, -0.1) is 0 Å². The molecule has 6 aliphatic rings. The number of primary amides is 6. The molecule has 1 unspecified atom stereocenters. The van der Waals surface area contributed by atoms with E-state index in [2.05, 4.69) is 27.2 Å². The summed E-state index contributed by atoms with van der Waals surface area (Å²) < 4.78 is 6.90. The van der Waals surface area contributed by atoms with Crippen LogP contribution in [-0.4, -0.2) is 136 Å². The Morgan fingerprint density at radius 2 is 1.35 bits per heavy atom. The first-order chi connectivity index (χ1) is 39.5. The number of aliphatic hydroxyl groups is 3. The second-order valence-electron chi connectivity index (χ2n) is 25.2. The monoisotopic (exact) mass is 1240 g/mol. The Morgan fingerprint density at radius 1 is 0.756 bits per heavy atom. The van der Waals surface area contributed by atoms with Gasteiger partial charge in [-0.05, 0) is 87.0 Å². The van der Waals surface area contributed by atoms with Crippen molar-refractivity contribution in [3.63, 3.8) is 0 Å². The van der Waals surface area contributed by atoms with Crippen molar-refractivity contribution in [3.05, 3.63) is 59.2 Å². The van der Waals surface area contributed by atoms with Crippen LogP contribution in [0.25, 0.3) is 16.5 Å². The van der Waals surface area contributed by atoms with Gasteiger partial charge in [-0.2, -0.15) is 5.70 Å². The third-order valence-electron chi connectivity index (χ3n) is 19.0. The number of nitrogens with two attached hydrogens (primary N) is 7. The van der Waals surface area contributed by atoms with E-state index in [4.69, 9.17) is 65.2 Å². The number of ether oxygens (including phenoxy) is 1. The van der Waals surface area contributed by atoms with Crippen molar-refractivity contribution in [2.24, 2.45) is 94.7 Å². The maximum absolute atomic E-state index is 13.5. The fraction of sp³-hybridized carbons (Fsp3) is 0.621. The molecule has 7 amide bonds. The van der Waals surface area contributed by atoms with Crippen molar-refractivity contribution in [1.29, 1.82) is 0 Å². The molecule has 6 aliphatic heterocycles. The van der Waals surface area contributed by atoms with Gasteiger partial charge in [-0.25, -0.2) is 15.0 Å². The van der Waals surface area contributed by atoms with Crippen LogP contribution in [-0.2, 0) is 55.1 Å². The maximum Gasteiger partial charge on any atom is 3.00 e. The number of amides is 7. The minimum Gasteiger partial charge on any atom is -0.680 e. The van der Waals surface area contributed by atoms with Crippen LogP contribution < -0.4 is 45.5 Å². The average molecular weight is 1240 g/mol. The van der Waals surface area contributed by atoms with E-state index >= 15 is 0 Å². The number of carbonyl (C=O) groups is 7. The van der Waals surface area contributed by atoms with Crippen molar-refractivity contribution in [3.8, 4) is 0 Å². The molecule has 18 N–H and O–H groups in total. The number of hydrogen-bond acceptors (Lipinski definition) is 18. The zero-order chi connectivity index (χ0) is 63.2. The normalized spacial score (nSPS) is 34.1. The van der Waals surface area contributed by atoms with Crippen LogP contribution in [0.2, 0.25) is 0 Å². The molecule has 0 aliphatic carbocycles. The van der Waals surface area contributed by atoms with Crippen LogP contribution in [0.4, 0.5) is 5.82 Å². The van der Waals surface area contributed by atoms with Crippen molar-refractivity contribution in [1.82, 2.24) is 24.8 Å². The minimum absolute atomic E-state index is 0. The number of fused-ring (bicyclic) bond motifs is 7. The molecule has 8 heterocycles. The molecule has 2 aromatic rings. The summed E-state index contributed by atoms with van der Waals surface area (Å²) >= 11 is 0. The molecule has 2 aromatic heterocycles. The van der Waals surface area contributed by atoms with Crippen molar-refractivity contribution < 1.29 is 70.4 Å². The summed E-state index contributed by atoms with van der Waals surface area (Å²) in [5, 5.41) is 37.9. The van der Waals surface area contributed by atoms with Crippen molar-refractivity contribution >= 4 is 75.5 Å². The van der Waals surface area contributed by atoms with Gasteiger partial charge in [-0.1, -0.05) is 47.1 Å². The number of allylic oxidation sites excluding steroid dienone is 6. The fourth-order valence-corrected chi connectivity index (χ4v) is 14.2. The van der Waals surface area contributed by atoms with Crippen LogP contribution in [0.3, 0.4) is 0 Å². The van der Waals surface area contributed by atoms with Gasteiger partial charge >= 0.3 is 16.8 Å². The number of nitrogens with zero attached hydrogens (tertiary/aromatic N) is 8. The Bertz CT molecular complexity index is 3240. The molecule has 8 bridgehead atoms. The van der Waals surface area contributed by atoms with E-state index in [1.807, 2.05) is 61.5 Å². The van der Waals surface area contributed by atoms with Gasteiger partial charge in [0.15, 0.2) is 17.7 Å². The Kier molecular flexibility index (Phi) is 20.4. The third kappa shape index (κ3) is 12.9. The van der Waals surface area contributed by atoms with Gasteiger partial charge in [0.2, 0.25) is 41.4 Å². The fourth-order valence-electron chi connectivity index (χ4n) is 14.2. The molecule has 0 aromatic carbocycles. The molecule has 2 fully saturated rings. The first kappa shape index (κ1) is 68.1. The smallest absolute Gasteiger partial charge is 0.680 e. The predicted molar refractivity (Wildman–Crippen MR) is 315 cm³/mol. The average Bonchev–Trinajstić information content (AvgIpc) is 1.54. The zero-order valence-electron chi connectivity index (χ0n) is 50.3. The Labute approximate surface area is 510 Å². The summed E-state index contributed by atoms with van der Waals surface area (Å²) in [4.78, 5) is 119. The second-order valence-corrected chi connectivity index (χ2v) is 25.2. The molecule has 14 atom stereocenters. The van der Waals surface area contributed by atoms with E-state index in [0.29, 0.717) is 63.0 Å². The zero-order valence-corrected chi connectivity index (χ0v) is 51.3. The van der Waals surface area contributed by atoms with Crippen LogP contribution in [0.15, 0.2) is 61.9 Å². The van der Waals surface area contributed by atoms with Gasteiger partial charge in [0, 0.05) is 114 Å². The Balaban J connectivity index is 0.000000524. The number of aliphatic hydroxyl groups excluding tert-OH is 3. The maximum atomic E-state index is 13.5. The molecule has 0 spiro atoms. The summed E-state index contributed by atoms with van der Waals surface area (Å²) in [5.74, 6) is -6.17. The summed E-state index contributed by atoms with van der Waals surface area (Å²) in [5.41, 5.74) is 40.9. The topological polar surface area (TPSA) is 478 Å². The van der Waals surface area contributed by atoms with Crippen molar-refractivity contribution in [2.45, 2.75) is 175 Å². The van der Waals surface area contributed by atoms with Crippen LogP contribution in [0.1, 0.15) is 139 Å². The third-order valence-corrected chi connectivity index (χ3v) is 19.0. The van der Waals surface area contributed by atoms with Gasteiger partial charge < -0.3 is 77.7 Å². The summed E-state index contributed by atoms with van der Waals surface area (Å²) in [6.07, 6.45) is 0.116. The minimum atomic E-state index is -1.40. The van der Waals surface area contributed by atoms with Gasteiger partial charge in [0.25, 0.3) is 0 Å². The Morgan fingerprint density at radius 3 is 1.90 bits per heavy atom. The SMILES string of the molecule is C/C1=C2N=C(/C=C3N=C(/C(C)=C4\[N-][C@@](C)(C5N=C1[C@](C)(CCC(=O)NC[C@@H](C)O)[C@H]5CC(N)=O)[C@@](C)(CC(N)=O)[C@@H]4CCC(N)=O)[C@@](C)(CC(N)=O)[C@@H]\3CCC(N)=O)C(C)(C)[C@@H]/2CCC(N)=O.[CH2-][C@H]1O[C@@H](n2cnc3c(N)ncnc32)[C@H](O)[C@@H]1O.[Co+3]. The van der Waals surface area contributed by atoms with E-state index in [1.54, 1.807) is 6.92 Å². The molecule has 27 nitrogen and oxygen atoms in total. The standard InChI is InChI=1S/C48H73N11O8.C10H12N5O3.Co/c1-23(60)22-55-38(67)16-17-45(6)29(18-35(52)64)43-48(9)47(8,21-37(54)66)28(12-15-34(51)63)40(59-48)25(3)42-46(7,20-36(53)65)26(10-13-32(49)61)30(56-42)19-31-44(4,5)27(11-14-33(50)62)39(57-31)24(2)41(45)58-43;1-4-6(16)7(17)10(18-4)15-3-14-5-8(11)12-2-13-9(5)15;/h19,23,26-29,43,60H,10-18,20-22H2,1-9H3,(H14,49,50,51,52,53,54,55,56,57,58,59,61,62,63,64,65,66,67);2-4,6-7,10,16-17H,1H2,(H2,11,12,13);/q;-1;+3/p-1/t23-,26-,27-,28-,29+,43?,45-,46+,47+,48+;4-,6-,7-,10-;/m11./s1. The number of carbonyl (C=O) groups excluding carboxylic acids is 7. The molecular weight excluding hydrogens is 1160 g/mol. The van der Waals surface area contributed by atoms with Gasteiger partial charge in [0.05, 0.1) is 18.5 Å². The van der Waals surface area contributed by atoms with Crippen molar-refractivity contribution in [2.75, 3.05) is 12.3 Å². The molecule has 2 saturated heterocycles. The number of nitrogen functional groups attached to an aromatic ring is 1. The number of anilines is 1. The number of aromatic nitrogens is 4. The van der Waals surface area contributed by atoms with E-state index in [9.17, 15) is 48.9 Å². The van der Waals surface area contributed by atoms with E-state index in [-0.39, 0.29) is 99.3 Å². The van der Waals surface area contributed by atoms with E-state index in [1.165, 1.54) is 17.2 Å². The molecule has 0 saturated carbocycles. The largest absolute Gasteiger partial charge is 3.00 e. The van der Waals surface area contributed by atoms with Crippen LogP contribution in [0.5, 0.6) is 0 Å². The summed E-state index contributed by atoms with van der Waals surface area (Å²) in [6, 6.07) is -0.923. The molecule has 0 radical (unpaired) electrons. The summed E-state index contributed by atoms with van der Waals surface area (Å²) in [7, 11) is 0. The molecule has 28 heteroatoms. The van der Waals surface area contributed by atoms with Gasteiger partial charge in [-0.3, -0.25) is 53.1 Å². The number of aliphatic imine (C=N–C) groups is 3. The number of rotatable bonds is 21. The van der Waals surface area contributed by atoms with E-state index < -0.39 is 123 Å². The molecule has 86 heavy (non-hydrogen) atoms. The molecule has 470 valence electrons. The molecule has 8 rings (SSSR count). The van der Waals surface area contributed by atoms with Crippen LogP contribution in [0, 0.1) is 52.3 Å². The van der Waals surface area contributed by atoms with E-state index in [0.717, 1.165) is 0 Å².